The number of carbonyl (C=O) groups excluding carboxylic acids is 1. The molecule has 0 unspecified atom stereocenters. The number of hydrogen-bond acceptors (Lipinski definition) is 3. The van der Waals surface area contributed by atoms with Gasteiger partial charge in [-0.15, -0.1) is 0 Å². The summed E-state index contributed by atoms with van der Waals surface area (Å²) < 4.78 is 2.13. The summed E-state index contributed by atoms with van der Waals surface area (Å²) in [5.74, 6) is -0.0663. The van der Waals surface area contributed by atoms with Gasteiger partial charge in [-0.2, -0.15) is 0 Å². The Morgan fingerprint density at radius 1 is 1.38 bits per heavy atom. The fourth-order valence-electron chi connectivity index (χ4n) is 2.33. The molecular weight excluding hydrogens is 264 g/mol. The summed E-state index contributed by atoms with van der Waals surface area (Å²) in [5, 5.41) is 6.05. The molecule has 0 saturated heterocycles. The quantitative estimate of drug-likeness (QED) is 0.888. The molecule has 2 aromatic rings. The van der Waals surface area contributed by atoms with Gasteiger partial charge in [-0.3, -0.25) is 4.79 Å². The van der Waals surface area contributed by atoms with Crippen LogP contribution in [0.1, 0.15) is 41.5 Å². The van der Waals surface area contributed by atoms with Gasteiger partial charge in [0.1, 0.15) is 0 Å². The van der Waals surface area contributed by atoms with E-state index in [0.717, 1.165) is 16.9 Å². The van der Waals surface area contributed by atoms with E-state index < -0.39 is 0 Å². The van der Waals surface area contributed by atoms with Gasteiger partial charge in [-0.25, -0.2) is 4.98 Å². The largest absolute Gasteiger partial charge is 0.379 e. The molecule has 1 amide bonds. The van der Waals surface area contributed by atoms with Crippen molar-refractivity contribution in [3.8, 4) is 0 Å². The third-order valence-corrected chi connectivity index (χ3v) is 3.57. The van der Waals surface area contributed by atoms with E-state index in [2.05, 4.69) is 34.0 Å². The lowest BCUT2D eigenvalue weighted by Gasteiger charge is -2.15. The first-order valence-corrected chi connectivity index (χ1v) is 7.11. The van der Waals surface area contributed by atoms with Crippen LogP contribution in [-0.2, 0) is 6.54 Å². The van der Waals surface area contributed by atoms with Crippen molar-refractivity contribution in [2.45, 2.75) is 33.4 Å². The second kappa shape index (κ2) is 6.43. The zero-order valence-corrected chi connectivity index (χ0v) is 13.0. The normalized spacial score (nSPS) is 10.7. The fourth-order valence-corrected chi connectivity index (χ4v) is 2.33. The Hall–Kier alpha value is -2.30. The molecule has 1 aromatic carbocycles. The lowest BCUT2D eigenvalue weighted by atomic mass is 10.1. The minimum Gasteiger partial charge on any atom is -0.379 e. The van der Waals surface area contributed by atoms with Crippen LogP contribution in [0.2, 0.25) is 0 Å². The average molecular weight is 286 g/mol. The minimum atomic E-state index is -0.0663. The van der Waals surface area contributed by atoms with Crippen molar-refractivity contribution in [1.82, 2.24) is 14.9 Å². The molecule has 1 heterocycles. The first-order valence-electron chi connectivity index (χ1n) is 7.11. The Balaban J connectivity index is 2.17. The Kier molecular flexibility index (Phi) is 4.62. The van der Waals surface area contributed by atoms with Gasteiger partial charge in [-0.05, 0) is 38.5 Å². The van der Waals surface area contributed by atoms with Gasteiger partial charge in [0.05, 0.1) is 18.6 Å². The lowest BCUT2D eigenvalue weighted by molar-refractivity contribution is 0.0962. The number of rotatable bonds is 5. The number of carbonyl (C=O) groups is 1. The van der Waals surface area contributed by atoms with Crippen molar-refractivity contribution in [3.05, 3.63) is 47.5 Å². The third-order valence-electron chi connectivity index (χ3n) is 3.57. The fraction of sp³-hybridized carbons (Fsp3) is 0.375. The molecule has 112 valence electrons. The molecule has 0 radical (unpaired) electrons. The number of nitrogens with zero attached hydrogens (tertiary/aromatic N) is 2. The molecule has 0 aliphatic heterocycles. The van der Waals surface area contributed by atoms with E-state index in [1.54, 1.807) is 7.05 Å². The van der Waals surface area contributed by atoms with Crippen molar-refractivity contribution in [1.29, 1.82) is 0 Å². The van der Waals surface area contributed by atoms with Gasteiger partial charge in [0.2, 0.25) is 0 Å². The van der Waals surface area contributed by atoms with Crippen LogP contribution in [0.4, 0.5) is 5.69 Å². The third kappa shape index (κ3) is 3.24. The number of nitrogens with one attached hydrogen (secondary N) is 2. The molecule has 1 aromatic heterocycles. The van der Waals surface area contributed by atoms with Crippen molar-refractivity contribution in [3.63, 3.8) is 0 Å². The summed E-state index contributed by atoms with van der Waals surface area (Å²) in [5.41, 5.74) is 3.73. The Labute approximate surface area is 125 Å². The average Bonchev–Trinajstić information content (AvgIpc) is 2.94. The van der Waals surface area contributed by atoms with Crippen LogP contribution < -0.4 is 10.6 Å². The number of benzene rings is 1. The standard InChI is InChI=1S/C16H22N4O/c1-11(2)20-10-18-8-13(20)9-19-15-7-5-6-14(12(15)3)16(21)17-4/h5-8,10-11,19H,9H2,1-4H3,(H,17,21). The molecule has 0 aliphatic rings. The second-order valence-corrected chi connectivity index (χ2v) is 5.30. The van der Waals surface area contributed by atoms with Crippen LogP contribution in [0.3, 0.4) is 0 Å². The van der Waals surface area contributed by atoms with Gasteiger partial charge >= 0.3 is 0 Å². The molecule has 5 heteroatoms. The molecule has 5 nitrogen and oxygen atoms in total. The first-order chi connectivity index (χ1) is 10.0. The summed E-state index contributed by atoms with van der Waals surface area (Å²) in [4.78, 5) is 16.0. The van der Waals surface area contributed by atoms with E-state index in [1.165, 1.54) is 0 Å². The molecular formula is C16H22N4O. The van der Waals surface area contributed by atoms with E-state index in [0.29, 0.717) is 18.2 Å². The number of hydrogen-bond donors (Lipinski definition) is 2. The summed E-state index contributed by atoms with van der Waals surface area (Å²) in [7, 11) is 1.64. The molecule has 0 fully saturated rings. The topological polar surface area (TPSA) is 59.0 Å². The Morgan fingerprint density at radius 3 is 2.81 bits per heavy atom. The predicted octanol–water partition coefficient (Wildman–Crippen LogP) is 2.74. The number of anilines is 1. The maximum absolute atomic E-state index is 11.8. The summed E-state index contributed by atoms with van der Waals surface area (Å²) in [6, 6.07) is 6.08. The van der Waals surface area contributed by atoms with Crippen LogP contribution in [0.15, 0.2) is 30.7 Å². The molecule has 0 bridgehead atoms. The second-order valence-electron chi connectivity index (χ2n) is 5.30. The van der Waals surface area contributed by atoms with E-state index in [1.807, 2.05) is 37.6 Å². The number of imidazole rings is 1. The monoisotopic (exact) mass is 286 g/mol. The van der Waals surface area contributed by atoms with Crippen molar-refractivity contribution in [2.75, 3.05) is 12.4 Å². The Bertz CT molecular complexity index is 631. The number of aromatic nitrogens is 2. The maximum Gasteiger partial charge on any atom is 0.251 e. The van der Waals surface area contributed by atoms with E-state index in [-0.39, 0.29) is 5.91 Å². The smallest absolute Gasteiger partial charge is 0.251 e. The molecule has 21 heavy (non-hydrogen) atoms. The highest BCUT2D eigenvalue weighted by molar-refractivity contribution is 5.96. The summed E-state index contributed by atoms with van der Waals surface area (Å²) in [6.45, 7) is 6.88. The van der Waals surface area contributed by atoms with Crippen molar-refractivity contribution < 1.29 is 4.79 Å². The molecule has 2 N–H and O–H groups in total. The minimum absolute atomic E-state index is 0.0663. The molecule has 0 aliphatic carbocycles. The molecule has 2 rings (SSSR count). The highest BCUT2D eigenvalue weighted by Crippen LogP contribution is 2.20. The van der Waals surface area contributed by atoms with E-state index in [4.69, 9.17) is 0 Å². The van der Waals surface area contributed by atoms with Crippen LogP contribution in [-0.4, -0.2) is 22.5 Å². The molecule has 0 spiro atoms. The van der Waals surface area contributed by atoms with Crippen LogP contribution >= 0.6 is 0 Å². The summed E-state index contributed by atoms with van der Waals surface area (Å²) >= 11 is 0. The number of amides is 1. The highest BCUT2D eigenvalue weighted by atomic mass is 16.1. The van der Waals surface area contributed by atoms with Gasteiger partial charge in [0.15, 0.2) is 0 Å². The van der Waals surface area contributed by atoms with Gasteiger partial charge in [0.25, 0.3) is 5.91 Å². The Morgan fingerprint density at radius 2 is 2.14 bits per heavy atom. The van der Waals surface area contributed by atoms with Crippen molar-refractivity contribution >= 4 is 11.6 Å². The SMILES string of the molecule is CNC(=O)c1cccc(NCc2cncn2C(C)C)c1C. The zero-order valence-electron chi connectivity index (χ0n) is 13.0. The zero-order chi connectivity index (χ0) is 15.4. The van der Waals surface area contributed by atoms with Gasteiger partial charge in [-0.1, -0.05) is 6.07 Å². The van der Waals surface area contributed by atoms with Crippen LogP contribution in [0.5, 0.6) is 0 Å². The van der Waals surface area contributed by atoms with Crippen molar-refractivity contribution in [2.24, 2.45) is 0 Å². The molecule has 0 atom stereocenters. The first kappa shape index (κ1) is 15.1. The molecule has 0 saturated carbocycles. The summed E-state index contributed by atoms with van der Waals surface area (Å²) in [6.07, 6.45) is 3.71. The van der Waals surface area contributed by atoms with E-state index >= 15 is 0 Å². The van der Waals surface area contributed by atoms with Gasteiger partial charge in [0, 0.05) is 30.5 Å². The lowest BCUT2D eigenvalue weighted by Crippen LogP contribution is -2.19. The predicted molar refractivity (Wildman–Crippen MR) is 84.5 cm³/mol. The highest BCUT2D eigenvalue weighted by Gasteiger charge is 2.11. The van der Waals surface area contributed by atoms with Gasteiger partial charge < -0.3 is 15.2 Å². The van der Waals surface area contributed by atoms with Crippen LogP contribution in [0, 0.1) is 6.92 Å². The van der Waals surface area contributed by atoms with Crippen LogP contribution in [0.25, 0.3) is 0 Å². The maximum atomic E-state index is 11.8. The van der Waals surface area contributed by atoms with E-state index in [9.17, 15) is 4.79 Å².